The second-order valence-corrected chi connectivity index (χ2v) is 5.63. The third kappa shape index (κ3) is 2.53. The molecule has 1 aromatic heterocycles. The van der Waals surface area contributed by atoms with Crippen molar-refractivity contribution >= 4 is 50.1 Å². The van der Waals surface area contributed by atoms with E-state index in [4.69, 9.17) is 27.6 Å². The molecule has 0 saturated carbocycles. The minimum atomic E-state index is 0.634. The zero-order valence-corrected chi connectivity index (χ0v) is 12.9. The maximum absolute atomic E-state index is 6.23. The minimum absolute atomic E-state index is 0.634. The van der Waals surface area contributed by atoms with Crippen LogP contribution in [0.2, 0.25) is 10.0 Å². The fourth-order valence-electron chi connectivity index (χ4n) is 2.04. The molecule has 0 amide bonds. The first kappa shape index (κ1) is 13.0. The van der Waals surface area contributed by atoms with Crippen LogP contribution in [0, 0.1) is 0 Å². The van der Waals surface area contributed by atoms with Crippen LogP contribution in [0.3, 0.4) is 0 Å². The maximum atomic E-state index is 6.23. The molecule has 0 unspecified atom stereocenters. The Labute approximate surface area is 129 Å². The second-order valence-electron chi connectivity index (χ2n) is 4.22. The average molecular weight is 356 g/mol. The third-order valence-corrected chi connectivity index (χ3v) is 4.05. The van der Waals surface area contributed by atoms with Gasteiger partial charge in [0, 0.05) is 21.0 Å². The van der Waals surface area contributed by atoms with Crippen LogP contribution in [-0.2, 0) is 5.33 Å². The lowest BCUT2D eigenvalue weighted by Gasteiger charge is -2.04. The predicted molar refractivity (Wildman–Crippen MR) is 84.3 cm³/mol. The van der Waals surface area contributed by atoms with E-state index in [9.17, 15) is 0 Å². The van der Waals surface area contributed by atoms with Crippen molar-refractivity contribution in [2.45, 2.75) is 5.33 Å². The highest BCUT2D eigenvalue weighted by molar-refractivity contribution is 9.08. The Balaban J connectivity index is 2.14. The predicted octanol–water partition coefficient (Wildman–Crippen LogP) is 6.30. The fraction of sp³-hybridized carbons (Fsp3) is 0.0667. The van der Waals surface area contributed by atoms with Crippen molar-refractivity contribution in [1.82, 2.24) is 0 Å². The zero-order valence-electron chi connectivity index (χ0n) is 9.79. The Morgan fingerprint density at radius 1 is 1.00 bits per heavy atom. The molecule has 0 fully saturated rings. The van der Waals surface area contributed by atoms with Gasteiger partial charge in [-0.1, -0.05) is 57.3 Å². The van der Waals surface area contributed by atoms with Gasteiger partial charge in [-0.3, -0.25) is 0 Å². The molecule has 1 heterocycles. The summed E-state index contributed by atoms with van der Waals surface area (Å²) in [6.07, 6.45) is 0. The standard InChI is InChI=1S/C15H9BrCl2O/c16-8-12-5-10-2-1-9(6-15(10)19-12)13-4-3-11(17)7-14(13)18/h1-7H,8H2. The molecule has 0 aliphatic heterocycles. The smallest absolute Gasteiger partial charge is 0.134 e. The summed E-state index contributed by atoms with van der Waals surface area (Å²) in [5.41, 5.74) is 2.83. The Morgan fingerprint density at radius 2 is 1.84 bits per heavy atom. The number of hydrogen-bond donors (Lipinski definition) is 0. The molecule has 4 heteroatoms. The molecule has 0 aliphatic rings. The number of furan rings is 1. The van der Waals surface area contributed by atoms with Gasteiger partial charge in [0.25, 0.3) is 0 Å². The largest absolute Gasteiger partial charge is 0.460 e. The number of alkyl halides is 1. The molecule has 1 nitrogen and oxygen atoms in total. The number of halogens is 3. The van der Waals surface area contributed by atoms with E-state index in [1.54, 1.807) is 6.07 Å². The van der Waals surface area contributed by atoms with Gasteiger partial charge in [0.05, 0.1) is 5.33 Å². The van der Waals surface area contributed by atoms with Crippen LogP contribution in [0.25, 0.3) is 22.1 Å². The number of fused-ring (bicyclic) bond motifs is 1. The number of rotatable bonds is 2. The maximum Gasteiger partial charge on any atom is 0.134 e. The van der Waals surface area contributed by atoms with Gasteiger partial charge in [0.15, 0.2) is 0 Å². The normalized spacial score (nSPS) is 11.1. The van der Waals surface area contributed by atoms with Crippen molar-refractivity contribution in [2.75, 3.05) is 0 Å². The molecule has 0 radical (unpaired) electrons. The highest BCUT2D eigenvalue weighted by atomic mass is 79.9. The zero-order chi connectivity index (χ0) is 13.4. The summed E-state index contributed by atoms with van der Waals surface area (Å²) in [5, 5.41) is 3.07. The van der Waals surface area contributed by atoms with Gasteiger partial charge in [-0.05, 0) is 29.8 Å². The highest BCUT2D eigenvalue weighted by Gasteiger charge is 2.08. The first-order chi connectivity index (χ1) is 9.17. The molecular formula is C15H9BrCl2O. The molecule has 0 spiro atoms. The van der Waals surface area contributed by atoms with Gasteiger partial charge in [-0.15, -0.1) is 0 Å². The van der Waals surface area contributed by atoms with Gasteiger partial charge in [-0.2, -0.15) is 0 Å². The molecule has 0 bridgehead atoms. The van der Waals surface area contributed by atoms with E-state index in [0.29, 0.717) is 15.4 Å². The second kappa shape index (κ2) is 5.20. The Hall–Kier alpha value is -0.960. The lowest BCUT2D eigenvalue weighted by Crippen LogP contribution is -1.79. The SMILES string of the molecule is Clc1ccc(-c2ccc3cc(CBr)oc3c2)c(Cl)c1. The van der Waals surface area contributed by atoms with Crippen molar-refractivity contribution in [1.29, 1.82) is 0 Å². The summed E-state index contributed by atoms with van der Waals surface area (Å²) < 4.78 is 5.73. The molecule has 0 atom stereocenters. The summed E-state index contributed by atoms with van der Waals surface area (Å²) in [6.45, 7) is 0. The number of hydrogen-bond acceptors (Lipinski definition) is 1. The minimum Gasteiger partial charge on any atom is -0.460 e. The van der Waals surface area contributed by atoms with Crippen LogP contribution < -0.4 is 0 Å². The summed E-state index contributed by atoms with van der Waals surface area (Å²) >= 11 is 15.5. The lowest BCUT2D eigenvalue weighted by atomic mass is 10.0. The van der Waals surface area contributed by atoms with Gasteiger partial charge in [0.2, 0.25) is 0 Å². The van der Waals surface area contributed by atoms with Crippen molar-refractivity contribution in [3.8, 4) is 11.1 Å². The van der Waals surface area contributed by atoms with E-state index >= 15 is 0 Å². The molecule has 0 N–H and O–H groups in total. The topological polar surface area (TPSA) is 13.1 Å². The van der Waals surface area contributed by atoms with Crippen molar-refractivity contribution in [3.05, 3.63) is 58.3 Å². The van der Waals surface area contributed by atoms with Crippen LogP contribution in [0.4, 0.5) is 0 Å². The summed E-state index contributed by atoms with van der Waals surface area (Å²) in [5.74, 6) is 0.911. The first-order valence-corrected chi connectivity index (χ1v) is 7.59. The van der Waals surface area contributed by atoms with E-state index in [0.717, 1.165) is 27.9 Å². The van der Waals surface area contributed by atoms with Crippen molar-refractivity contribution in [2.24, 2.45) is 0 Å². The van der Waals surface area contributed by atoms with Gasteiger partial charge >= 0.3 is 0 Å². The molecule has 3 aromatic rings. The Bertz CT molecular complexity index is 749. The van der Waals surface area contributed by atoms with Crippen LogP contribution in [-0.4, -0.2) is 0 Å². The van der Waals surface area contributed by atoms with E-state index in [2.05, 4.69) is 15.9 Å². The Morgan fingerprint density at radius 3 is 2.58 bits per heavy atom. The van der Waals surface area contributed by atoms with Gasteiger partial charge in [-0.25, -0.2) is 0 Å². The van der Waals surface area contributed by atoms with Crippen molar-refractivity contribution in [3.63, 3.8) is 0 Å². The van der Waals surface area contributed by atoms with Crippen molar-refractivity contribution < 1.29 is 4.42 Å². The summed E-state index contributed by atoms with van der Waals surface area (Å²) in [6, 6.07) is 13.6. The molecule has 0 aliphatic carbocycles. The van der Waals surface area contributed by atoms with E-state index in [1.165, 1.54) is 0 Å². The summed E-state index contributed by atoms with van der Waals surface area (Å²) in [7, 11) is 0. The fourth-order valence-corrected chi connectivity index (χ4v) is 2.84. The molecule has 2 aromatic carbocycles. The average Bonchev–Trinajstić information content (AvgIpc) is 2.80. The third-order valence-electron chi connectivity index (χ3n) is 2.94. The molecule has 19 heavy (non-hydrogen) atoms. The molecule has 96 valence electrons. The summed E-state index contributed by atoms with van der Waals surface area (Å²) in [4.78, 5) is 0. The van der Waals surface area contributed by atoms with Gasteiger partial charge < -0.3 is 4.42 Å². The Kier molecular flexibility index (Phi) is 3.57. The monoisotopic (exact) mass is 354 g/mol. The first-order valence-electron chi connectivity index (χ1n) is 5.71. The molecule has 0 saturated heterocycles. The van der Waals surface area contributed by atoms with Gasteiger partial charge in [0.1, 0.15) is 11.3 Å². The highest BCUT2D eigenvalue weighted by Crippen LogP contribution is 2.33. The van der Waals surface area contributed by atoms with Crippen LogP contribution in [0.1, 0.15) is 5.76 Å². The number of benzene rings is 2. The molecular weight excluding hydrogens is 347 g/mol. The van der Waals surface area contributed by atoms with E-state index in [1.807, 2.05) is 36.4 Å². The van der Waals surface area contributed by atoms with Crippen LogP contribution >= 0.6 is 39.1 Å². The van der Waals surface area contributed by atoms with Crippen LogP contribution in [0.15, 0.2) is 46.9 Å². The van der Waals surface area contributed by atoms with Crippen LogP contribution in [0.5, 0.6) is 0 Å². The lowest BCUT2D eigenvalue weighted by molar-refractivity contribution is 0.575. The van der Waals surface area contributed by atoms with E-state index < -0.39 is 0 Å². The quantitative estimate of drug-likeness (QED) is 0.491. The molecule has 3 rings (SSSR count). The van der Waals surface area contributed by atoms with E-state index in [-0.39, 0.29) is 0 Å².